The first-order chi connectivity index (χ1) is 10.4. The Kier molecular flexibility index (Phi) is 3.75. The van der Waals surface area contributed by atoms with E-state index in [1.54, 1.807) is 12.3 Å². The molecule has 21 heavy (non-hydrogen) atoms. The van der Waals surface area contributed by atoms with Crippen molar-refractivity contribution in [3.05, 3.63) is 66.9 Å². The summed E-state index contributed by atoms with van der Waals surface area (Å²) in [4.78, 5) is 8.10. The molecule has 0 atom stereocenters. The van der Waals surface area contributed by atoms with E-state index in [9.17, 15) is 0 Å². The second-order valence-electron chi connectivity index (χ2n) is 4.33. The van der Waals surface area contributed by atoms with Crippen molar-refractivity contribution in [3.63, 3.8) is 0 Å². The molecule has 5 nitrogen and oxygen atoms in total. The lowest BCUT2D eigenvalue weighted by molar-refractivity contribution is 0.464. The zero-order valence-corrected chi connectivity index (χ0v) is 11.2. The molecule has 1 heterocycles. The molecule has 0 aliphatic rings. The van der Waals surface area contributed by atoms with Crippen LogP contribution < -0.4 is 16.0 Å². The molecule has 0 aliphatic heterocycles. The SMILES string of the molecule is NNc1nccc(Oc2ccccc2-c2ccccc2)n1. The molecular weight excluding hydrogens is 264 g/mol. The second kappa shape index (κ2) is 6.02. The third kappa shape index (κ3) is 2.98. The number of anilines is 1. The number of rotatable bonds is 4. The number of benzene rings is 2. The molecule has 0 fully saturated rings. The average Bonchev–Trinajstić information content (AvgIpc) is 2.56. The van der Waals surface area contributed by atoms with Crippen LogP contribution in [0.5, 0.6) is 11.6 Å². The minimum atomic E-state index is 0.310. The molecule has 0 amide bonds. The van der Waals surface area contributed by atoms with Crippen LogP contribution in [0.4, 0.5) is 5.95 Å². The summed E-state index contributed by atoms with van der Waals surface area (Å²) in [5, 5.41) is 0. The van der Waals surface area contributed by atoms with Crippen molar-refractivity contribution in [3.8, 4) is 22.8 Å². The molecule has 0 radical (unpaired) electrons. The van der Waals surface area contributed by atoms with Crippen molar-refractivity contribution in [2.45, 2.75) is 0 Å². The molecule has 2 aromatic carbocycles. The van der Waals surface area contributed by atoms with Crippen LogP contribution in [-0.4, -0.2) is 9.97 Å². The summed E-state index contributed by atoms with van der Waals surface area (Å²) >= 11 is 0. The van der Waals surface area contributed by atoms with Crippen LogP contribution in [-0.2, 0) is 0 Å². The number of nitrogens with one attached hydrogen (secondary N) is 1. The predicted molar refractivity (Wildman–Crippen MR) is 81.8 cm³/mol. The maximum atomic E-state index is 5.86. The largest absolute Gasteiger partial charge is 0.438 e. The van der Waals surface area contributed by atoms with E-state index in [2.05, 4.69) is 15.4 Å². The molecule has 1 aromatic heterocycles. The molecule has 3 aromatic rings. The van der Waals surface area contributed by atoms with Gasteiger partial charge in [0.25, 0.3) is 0 Å². The summed E-state index contributed by atoms with van der Waals surface area (Å²) in [6, 6.07) is 19.5. The van der Waals surface area contributed by atoms with Gasteiger partial charge in [0.2, 0.25) is 11.8 Å². The van der Waals surface area contributed by atoms with Crippen molar-refractivity contribution in [1.82, 2.24) is 9.97 Å². The van der Waals surface area contributed by atoms with Crippen molar-refractivity contribution in [2.24, 2.45) is 5.84 Å². The summed E-state index contributed by atoms with van der Waals surface area (Å²) in [6.45, 7) is 0. The van der Waals surface area contributed by atoms with E-state index < -0.39 is 0 Å². The zero-order chi connectivity index (χ0) is 14.5. The molecule has 3 N–H and O–H groups in total. The lowest BCUT2D eigenvalue weighted by atomic mass is 10.1. The van der Waals surface area contributed by atoms with Crippen molar-refractivity contribution >= 4 is 5.95 Å². The van der Waals surface area contributed by atoms with Crippen molar-refractivity contribution < 1.29 is 4.74 Å². The van der Waals surface area contributed by atoms with Gasteiger partial charge in [-0.05, 0) is 11.6 Å². The summed E-state index contributed by atoms with van der Waals surface area (Å²) < 4.78 is 5.86. The summed E-state index contributed by atoms with van der Waals surface area (Å²) in [5.74, 6) is 6.77. The van der Waals surface area contributed by atoms with Crippen LogP contribution in [0.1, 0.15) is 0 Å². The van der Waals surface area contributed by atoms with Crippen LogP contribution in [0, 0.1) is 0 Å². The Labute approximate surface area is 122 Å². The smallest absolute Gasteiger partial charge is 0.240 e. The third-order valence-electron chi connectivity index (χ3n) is 2.95. The molecule has 0 unspecified atom stereocenters. The highest BCUT2D eigenvalue weighted by Gasteiger charge is 2.07. The molecule has 0 spiro atoms. The third-order valence-corrected chi connectivity index (χ3v) is 2.95. The molecule has 104 valence electrons. The Morgan fingerprint density at radius 3 is 2.48 bits per heavy atom. The van der Waals surface area contributed by atoms with Gasteiger partial charge in [-0.1, -0.05) is 48.5 Å². The fourth-order valence-electron chi connectivity index (χ4n) is 1.99. The predicted octanol–water partition coefficient (Wildman–Crippen LogP) is 3.22. The Bertz CT molecular complexity index is 731. The van der Waals surface area contributed by atoms with Gasteiger partial charge in [-0.2, -0.15) is 4.98 Å². The molecule has 0 saturated carbocycles. The van der Waals surface area contributed by atoms with Gasteiger partial charge in [0.1, 0.15) is 5.75 Å². The number of nitrogens with zero attached hydrogens (tertiary/aromatic N) is 2. The Balaban J connectivity index is 1.96. The maximum Gasteiger partial charge on any atom is 0.240 e. The first kappa shape index (κ1) is 13.1. The number of nitrogens with two attached hydrogens (primary N) is 1. The lowest BCUT2D eigenvalue weighted by Crippen LogP contribution is -2.10. The van der Waals surface area contributed by atoms with Gasteiger partial charge in [-0.15, -0.1) is 0 Å². The standard InChI is InChI=1S/C16H14N4O/c17-20-16-18-11-10-15(19-16)21-14-9-5-4-8-13(14)12-6-2-1-3-7-12/h1-11H,17H2,(H,18,19,20). The van der Waals surface area contributed by atoms with E-state index >= 15 is 0 Å². The first-order valence-corrected chi connectivity index (χ1v) is 6.49. The summed E-state index contributed by atoms with van der Waals surface area (Å²) in [7, 11) is 0. The van der Waals surface area contributed by atoms with Gasteiger partial charge in [-0.25, -0.2) is 10.8 Å². The van der Waals surface area contributed by atoms with Crippen LogP contribution in [0.15, 0.2) is 66.9 Å². The van der Waals surface area contributed by atoms with Gasteiger partial charge in [0, 0.05) is 17.8 Å². The second-order valence-corrected chi connectivity index (χ2v) is 4.33. The maximum absolute atomic E-state index is 5.86. The van der Waals surface area contributed by atoms with Crippen LogP contribution in [0.2, 0.25) is 0 Å². The number of ether oxygens (including phenoxy) is 1. The van der Waals surface area contributed by atoms with Crippen LogP contribution in [0.25, 0.3) is 11.1 Å². The minimum absolute atomic E-state index is 0.310. The van der Waals surface area contributed by atoms with Crippen LogP contribution >= 0.6 is 0 Å². The Hall–Kier alpha value is -2.92. The highest BCUT2D eigenvalue weighted by molar-refractivity contribution is 5.70. The normalized spacial score (nSPS) is 10.1. The highest BCUT2D eigenvalue weighted by atomic mass is 16.5. The molecular formula is C16H14N4O. The topological polar surface area (TPSA) is 73.1 Å². The number of hydrogen-bond acceptors (Lipinski definition) is 5. The molecule has 0 bridgehead atoms. The Morgan fingerprint density at radius 2 is 1.67 bits per heavy atom. The quantitative estimate of drug-likeness (QED) is 0.566. The lowest BCUT2D eigenvalue weighted by Gasteiger charge is -2.11. The minimum Gasteiger partial charge on any atom is -0.438 e. The van der Waals surface area contributed by atoms with Crippen molar-refractivity contribution in [1.29, 1.82) is 0 Å². The van der Waals surface area contributed by atoms with E-state index in [4.69, 9.17) is 10.6 Å². The summed E-state index contributed by atoms with van der Waals surface area (Å²) in [6.07, 6.45) is 1.59. The zero-order valence-electron chi connectivity index (χ0n) is 11.2. The number of aromatic nitrogens is 2. The Morgan fingerprint density at radius 1 is 0.905 bits per heavy atom. The first-order valence-electron chi connectivity index (χ1n) is 6.49. The van der Waals surface area contributed by atoms with Crippen molar-refractivity contribution in [2.75, 3.05) is 5.43 Å². The average molecular weight is 278 g/mol. The van der Waals surface area contributed by atoms with Gasteiger partial charge >= 0.3 is 0 Å². The highest BCUT2D eigenvalue weighted by Crippen LogP contribution is 2.32. The molecule has 3 rings (SSSR count). The van der Waals surface area contributed by atoms with Gasteiger partial charge in [0.05, 0.1) is 0 Å². The van der Waals surface area contributed by atoms with Crippen LogP contribution in [0.3, 0.4) is 0 Å². The van der Waals surface area contributed by atoms with E-state index in [0.29, 0.717) is 11.8 Å². The van der Waals surface area contributed by atoms with Gasteiger partial charge in [0.15, 0.2) is 0 Å². The fraction of sp³-hybridized carbons (Fsp3) is 0. The summed E-state index contributed by atoms with van der Waals surface area (Å²) in [5.41, 5.74) is 4.48. The number of hydrazine groups is 1. The van der Waals surface area contributed by atoms with E-state index in [-0.39, 0.29) is 0 Å². The molecule has 0 aliphatic carbocycles. The fourth-order valence-corrected chi connectivity index (χ4v) is 1.99. The monoisotopic (exact) mass is 278 g/mol. The molecule has 5 heteroatoms. The van der Waals surface area contributed by atoms with E-state index in [0.717, 1.165) is 16.9 Å². The van der Waals surface area contributed by atoms with E-state index in [1.807, 2.05) is 54.6 Å². The van der Waals surface area contributed by atoms with E-state index in [1.165, 1.54) is 0 Å². The number of para-hydroxylation sites is 1. The molecule has 0 saturated heterocycles. The van der Waals surface area contributed by atoms with Gasteiger partial charge in [-0.3, -0.25) is 5.43 Å². The number of nitrogen functional groups attached to an aromatic ring is 1. The number of hydrogen-bond donors (Lipinski definition) is 2. The van der Waals surface area contributed by atoms with Gasteiger partial charge < -0.3 is 4.74 Å².